The van der Waals surface area contributed by atoms with E-state index >= 15 is 0 Å². The Morgan fingerprint density at radius 2 is 1.67 bits per heavy atom. The summed E-state index contributed by atoms with van der Waals surface area (Å²) in [6, 6.07) is 9.46. The van der Waals surface area contributed by atoms with Crippen molar-refractivity contribution in [3.63, 3.8) is 0 Å². The topological polar surface area (TPSA) is 17.8 Å². The lowest BCUT2D eigenvalue weighted by Crippen LogP contribution is -1.97. The van der Waals surface area contributed by atoms with Crippen LogP contribution in [0.5, 0.6) is 0 Å². The molecule has 0 atom stereocenters. The monoisotopic (exact) mass is 288 g/mol. The lowest BCUT2D eigenvalue weighted by molar-refractivity contribution is 0.577. The molecule has 5 heteroatoms. The maximum atomic E-state index is 13.2. The highest BCUT2D eigenvalue weighted by molar-refractivity contribution is 5.58. The molecule has 0 fully saturated rings. The summed E-state index contributed by atoms with van der Waals surface area (Å²) in [4.78, 5) is 4.18. The zero-order valence-corrected chi connectivity index (χ0v) is 10.9. The Kier molecular flexibility index (Phi) is 3.48. The first-order chi connectivity index (χ1) is 10.1. The minimum atomic E-state index is -0.615. The van der Waals surface area contributed by atoms with E-state index in [1.54, 1.807) is 29.2 Å². The van der Waals surface area contributed by atoms with Crippen molar-refractivity contribution in [3.05, 3.63) is 78.0 Å². The second kappa shape index (κ2) is 5.44. The molecular weight excluding hydrogens is 277 g/mol. The Labute approximate surface area is 119 Å². The molecule has 0 bridgehead atoms. The number of nitrogens with zero attached hydrogens (tertiary/aromatic N) is 2. The van der Waals surface area contributed by atoms with Crippen molar-refractivity contribution in [2.24, 2.45) is 0 Å². The molecule has 0 radical (unpaired) electrons. The molecule has 3 rings (SSSR count). The largest absolute Gasteiger partial charge is 0.332 e. The maximum Gasteiger partial charge on any atom is 0.126 e. The van der Waals surface area contributed by atoms with Crippen LogP contribution in [0.15, 0.2) is 55.0 Å². The number of rotatable bonds is 3. The van der Waals surface area contributed by atoms with Gasteiger partial charge >= 0.3 is 0 Å². The molecule has 0 aliphatic heterocycles. The lowest BCUT2D eigenvalue weighted by Gasteiger charge is -2.03. The molecule has 106 valence electrons. The first-order valence-electron chi connectivity index (χ1n) is 6.33. The number of imidazole rings is 1. The van der Waals surface area contributed by atoms with Crippen LogP contribution in [0.3, 0.4) is 0 Å². The molecule has 0 N–H and O–H groups in total. The zero-order valence-electron chi connectivity index (χ0n) is 10.9. The summed E-state index contributed by atoms with van der Waals surface area (Å²) < 4.78 is 41.1. The van der Waals surface area contributed by atoms with Gasteiger partial charge in [-0.3, -0.25) is 0 Å². The van der Waals surface area contributed by atoms with Crippen LogP contribution in [0.1, 0.15) is 5.56 Å². The van der Waals surface area contributed by atoms with Gasteiger partial charge in [0.25, 0.3) is 0 Å². The molecule has 0 aliphatic rings. The van der Waals surface area contributed by atoms with Gasteiger partial charge in [0.15, 0.2) is 0 Å². The van der Waals surface area contributed by atoms with Gasteiger partial charge in [0.1, 0.15) is 17.5 Å². The van der Waals surface area contributed by atoms with Gasteiger partial charge in [-0.25, -0.2) is 18.2 Å². The predicted molar refractivity (Wildman–Crippen MR) is 73.1 cm³/mol. The van der Waals surface area contributed by atoms with Crippen LogP contribution >= 0.6 is 0 Å². The van der Waals surface area contributed by atoms with Crippen LogP contribution in [0.2, 0.25) is 0 Å². The molecule has 0 amide bonds. The Morgan fingerprint density at radius 1 is 0.905 bits per heavy atom. The molecule has 0 saturated heterocycles. The Balaban J connectivity index is 1.85. The van der Waals surface area contributed by atoms with E-state index in [4.69, 9.17) is 0 Å². The Morgan fingerprint density at radius 3 is 2.38 bits per heavy atom. The van der Waals surface area contributed by atoms with Crippen LogP contribution in [0, 0.1) is 17.5 Å². The van der Waals surface area contributed by atoms with Gasteiger partial charge < -0.3 is 4.57 Å². The van der Waals surface area contributed by atoms with E-state index in [1.807, 2.05) is 0 Å². The smallest absolute Gasteiger partial charge is 0.126 e. The maximum absolute atomic E-state index is 13.2. The van der Waals surface area contributed by atoms with Crippen molar-refractivity contribution >= 4 is 0 Å². The van der Waals surface area contributed by atoms with Crippen molar-refractivity contribution in [1.29, 1.82) is 0 Å². The summed E-state index contributed by atoms with van der Waals surface area (Å²) >= 11 is 0. The summed E-state index contributed by atoms with van der Waals surface area (Å²) in [6.45, 7) is 0.289. The summed E-state index contributed by atoms with van der Waals surface area (Å²) in [5.74, 6) is -1.57. The van der Waals surface area contributed by atoms with E-state index in [0.717, 1.165) is 6.07 Å². The van der Waals surface area contributed by atoms with Gasteiger partial charge in [-0.2, -0.15) is 0 Å². The molecule has 3 aromatic rings. The summed E-state index contributed by atoms with van der Waals surface area (Å²) in [6.07, 6.45) is 3.25. The third-order valence-corrected chi connectivity index (χ3v) is 3.04. The standard InChI is InChI=1S/C16H11F3N2/c17-13-3-1-2-12(6-13)16-9-21(10-20-16)8-11-4-14(18)7-15(19)5-11/h1-7,9-10H,8H2. The molecule has 0 unspecified atom stereocenters. The summed E-state index contributed by atoms with van der Waals surface area (Å²) in [5, 5.41) is 0. The van der Waals surface area contributed by atoms with Gasteiger partial charge in [-0.15, -0.1) is 0 Å². The molecule has 21 heavy (non-hydrogen) atoms. The zero-order chi connectivity index (χ0) is 14.8. The normalized spacial score (nSPS) is 10.8. The van der Waals surface area contributed by atoms with Crippen LogP contribution in [0.25, 0.3) is 11.3 Å². The highest BCUT2D eigenvalue weighted by Crippen LogP contribution is 2.18. The first kappa shape index (κ1) is 13.4. The van der Waals surface area contributed by atoms with Gasteiger partial charge in [-0.1, -0.05) is 12.1 Å². The third-order valence-electron chi connectivity index (χ3n) is 3.04. The number of hydrogen-bond acceptors (Lipinski definition) is 1. The third kappa shape index (κ3) is 3.13. The highest BCUT2D eigenvalue weighted by Gasteiger charge is 2.05. The van der Waals surface area contributed by atoms with Crippen molar-refractivity contribution in [2.75, 3.05) is 0 Å². The first-order valence-corrected chi connectivity index (χ1v) is 6.33. The minimum Gasteiger partial charge on any atom is -0.332 e. The Hall–Kier alpha value is -2.56. The van der Waals surface area contributed by atoms with Crippen LogP contribution < -0.4 is 0 Å². The number of aromatic nitrogens is 2. The molecule has 0 spiro atoms. The lowest BCUT2D eigenvalue weighted by atomic mass is 10.1. The second-order valence-corrected chi connectivity index (χ2v) is 4.72. The van der Waals surface area contributed by atoms with Gasteiger partial charge in [0, 0.05) is 24.4 Å². The summed E-state index contributed by atoms with van der Waals surface area (Å²) in [5.41, 5.74) is 1.75. The van der Waals surface area contributed by atoms with E-state index in [2.05, 4.69) is 4.98 Å². The molecule has 2 aromatic carbocycles. The fourth-order valence-corrected chi connectivity index (χ4v) is 2.16. The SMILES string of the molecule is Fc1cc(F)cc(Cn2cnc(-c3cccc(F)c3)c2)c1. The number of hydrogen-bond donors (Lipinski definition) is 0. The second-order valence-electron chi connectivity index (χ2n) is 4.72. The molecule has 0 aliphatic carbocycles. The fourth-order valence-electron chi connectivity index (χ4n) is 2.16. The van der Waals surface area contributed by atoms with E-state index < -0.39 is 11.6 Å². The quantitative estimate of drug-likeness (QED) is 0.712. The highest BCUT2D eigenvalue weighted by atomic mass is 19.1. The van der Waals surface area contributed by atoms with E-state index in [0.29, 0.717) is 16.8 Å². The average molecular weight is 288 g/mol. The minimum absolute atomic E-state index is 0.289. The summed E-state index contributed by atoms with van der Waals surface area (Å²) in [7, 11) is 0. The van der Waals surface area contributed by atoms with E-state index in [-0.39, 0.29) is 12.4 Å². The molecule has 1 aromatic heterocycles. The number of halogens is 3. The molecule has 1 heterocycles. The fraction of sp³-hybridized carbons (Fsp3) is 0.0625. The van der Waals surface area contributed by atoms with Crippen LogP contribution in [0.4, 0.5) is 13.2 Å². The molecular formula is C16H11F3N2. The van der Waals surface area contributed by atoms with Gasteiger partial charge in [-0.05, 0) is 29.8 Å². The molecule has 2 nitrogen and oxygen atoms in total. The van der Waals surface area contributed by atoms with Crippen molar-refractivity contribution in [1.82, 2.24) is 9.55 Å². The van der Waals surface area contributed by atoms with E-state index in [9.17, 15) is 13.2 Å². The van der Waals surface area contributed by atoms with Crippen molar-refractivity contribution < 1.29 is 13.2 Å². The van der Waals surface area contributed by atoms with Crippen LogP contribution in [-0.2, 0) is 6.54 Å². The van der Waals surface area contributed by atoms with Gasteiger partial charge in [0.2, 0.25) is 0 Å². The van der Waals surface area contributed by atoms with Crippen molar-refractivity contribution in [3.8, 4) is 11.3 Å². The van der Waals surface area contributed by atoms with Gasteiger partial charge in [0.05, 0.1) is 12.0 Å². The molecule has 0 saturated carbocycles. The average Bonchev–Trinajstić information content (AvgIpc) is 2.86. The van der Waals surface area contributed by atoms with Crippen molar-refractivity contribution in [2.45, 2.75) is 6.54 Å². The number of benzene rings is 2. The Bertz CT molecular complexity index is 760. The van der Waals surface area contributed by atoms with E-state index in [1.165, 1.54) is 24.3 Å². The van der Waals surface area contributed by atoms with Crippen LogP contribution in [-0.4, -0.2) is 9.55 Å². The predicted octanol–water partition coefficient (Wildman–Crippen LogP) is 4.02.